The molecule has 2 amide bonds. The molecule has 1 fully saturated rings. The highest BCUT2D eigenvalue weighted by Gasteiger charge is 2.33. The number of hydrogen-bond acceptors (Lipinski definition) is 2. The first kappa shape index (κ1) is 19.3. The van der Waals surface area contributed by atoms with Crippen LogP contribution in [0.25, 0.3) is 0 Å². The zero-order valence-corrected chi connectivity index (χ0v) is 15.7. The summed E-state index contributed by atoms with van der Waals surface area (Å²) in [5.74, 6) is -1.08. The second-order valence-corrected chi connectivity index (χ2v) is 8.09. The minimum Gasteiger partial charge on any atom is -0.481 e. The molecule has 5 heteroatoms. The molecule has 25 heavy (non-hydrogen) atoms. The van der Waals surface area contributed by atoms with Gasteiger partial charge in [0.05, 0.1) is 5.92 Å². The number of hydrogen-bond donors (Lipinski definition) is 2. The van der Waals surface area contributed by atoms with Crippen molar-refractivity contribution in [3.8, 4) is 0 Å². The van der Waals surface area contributed by atoms with Gasteiger partial charge in [0.1, 0.15) is 0 Å². The van der Waals surface area contributed by atoms with Gasteiger partial charge in [0.2, 0.25) is 0 Å². The summed E-state index contributed by atoms with van der Waals surface area (Å²) < 4.78 is 0. The van der Waals surface area contributed by atoms with Crippen LogP contribution in [-0.2, 0) is 10.2 Å². The molecule has 2 rings (SSSR count). The molecule has 1 aliphatic heterocycles. The Bertz CT molecular complexity index is 600. The first-order valence-electron chi connectivity index (χ1n) is 9.03. The van der Waals surface area contributed by atoms with E-state index < -0.39 is 11.9 Å². The van der Waals surface area contributed by atoms with Gasteiger partial charge in [0, 0.05) is 19.1 Å². The zero-order chi connectivity index (χ0) is 18.6. The number of urea groups is 1. The van der Waals surface area contributed by atoms with Gasteiger partial charge in [-0.2, -0.15) is 0 Å². The predicted molar refractivity (Wildman–Crippen MR) is 98.6 cm³/mol. The lowest BCUT2D eigenvalue weighted by Gasteiger charge is -2.36. The molecule has 1 aromatic rings. The van der Waals surface area contributed by atoms with Crippen LogP contribution in [0.3, 0.4) is 0 Å². The minimum atomic E-state index is -0.817. The molecule has 0 spiro atoms. The molecule has 2 N–H and O–H groups in total. The minimum absolute atomic E-state index is 0.00298. The first-order valence-corrected chi connectivity index (χ1v) is 9.03. The van der Waals surface area contributed by atoms with Gasteiger partial charge in [-0.1, -0.05) is 51.1 Å². The van der Waals surface area contributed by atoms with Crippen LogP contribution >= 0.6 is 0 Å². The Morgan fingerprint density at radius 1 is 1.28 bits per heavy atom. The summed E-state index contributed by atoms with van der Waals surface area (Å²) in [6.07, 6.45) is 1.45. The normalized spacial score (nSPS) is 22.3. The van der Waals surface area contributed by atoms with E-state index in [9.17, 15) is 14.7 Å². The lowest BCUT2D eigenvalue weighted by molar-refractivity contribution is -0.143. The number of carbonyl (C=O) groups excluding carboxylic acids is 1. The number of nitrogens with zero attached hydrogens (tertiary/aromatic N) is 1. The summed E-state index contributed by atoms with van der Waals surface area (Å²) in [6.45, 7) is 9.26. The van der Waals surface area contributed by atoms with Crippen LogP contribution in [0.1, 0.15) is 46.1 Å². The predicted octanol–water partition coefficient (Wildman–Crippen LogP) is 3.50. The van der Waals surface area contributed by atoms with Crippen molar-refractivity contribution in [1.29, 1.82) is 0 Å². The summed E-state index contributed by atoms with van der Waals surface area (Å²) in [4.78, 5) is 25.5. The molecular weight excluding hydrogens is 316 g/mol. The summed E-state index contributed by atoms with van der Waals surface area (Å²) >= 11 is 0. The average Bonchev–Trinajstić information content (AvgIpc) is 2.54. The number of carboxylic acids is 1. The van der Waals surface area contributed by atoms with Gasteiger partial charge in [0.25, 0.3) is 0 Å². The van der Waals surface area contributed by atoms with E-state index >= 15 is 0 Å². The van der Waals surface area contributed by atoms with Crippen LogP contribution in [0.15, 0.2) is 30.3 Å². The molecule has 1 aromatic carbocycles. The van der Waals surface area contributed by atoms with E-state index in [1.54, 1.807) is 4.90 Å². The number of rotatable bonds is 5. The van der Waals surface area contributed by atoms with Crippen molar-refractivity contribution in [3.63, 3.8) is 0 Å². The Hall–Kier alpha value is -2.04. The molecule has 1 aliphatic rings. The maximum absolute atomic E-state index is 12.6. The van der Waals surface area contributed by atoms with Crippen LogP contribution in [-0.4, -0.2) is 41.1 Å². The van der Waals surface area contributed by atoms with Crippen molar-refractivity contribution in [1.82, 2.24) is 10.2 Å². The molecule has 0 aromatic heterocycles. The van der Waals surface area contributed by atoms with Gasteiger partial charge >= 0.3 is 12.0 Å². The Kier molecular flexibility index (Phi) is 6.09. The first-order chi connectivity index (χ1) is 11.7. The van der Waals surface area contributed by atoms with Crippen molar-refractivity contribution in [2.24, 2.45) is 11.8 Å². The van der Waals surface area contributed by atoms with Crippen molar-refractivity contribution < 1.29 is 14.7 Å². The van der Waals surface area contributed by atoms with Gasteiger partial charge in [0.15, 0.2) is 0 Å². The van der Waals surface area contributed by atoms with Gasteiger partial charge in [-0.15, -0.1) is 0 Å². The van der Waals surface area contributed by atoms with Gasteiger partial charge in [-0.25, -0.2) is 4.79 Å². The molecular formula is C20H30N2O3. The summed E-state index contributed by atoms with van der Waals surface area (Å²) in [5.41, 5.74) is 1.20. The smallest absolute Gasteiger partial charge is 0.317 e. The number of likely N-dealkylation sites (tertiary alicyclic amines) is 1. The molecule has 1 heterocycles. The van der Waals surface area contributed by atoms with E-state index in [0.717, 1.165) is 6.42 Å². The highest BCUT2D eigenvalue weighted by molar-refractivity contribution is 5.76. The number of amides is 2. The molecule has 0 saturated carbocycles. The number of benzene rings is 1. The Balaban J connectivity index is 1.94. The number of nitrogens with one attached hydrogen (secondary N) is 1. The highest BCUT2D eigenvalue weighted by atomic mass is 16.4. The Morgan fingerprint density at radius 3 is 2.52 bits per heavy atom. The largest absolute Gasteiger partial charge is 0.481 e. The number of aliphatic carboxylic acids is 1. The summed E-state index contributed by atoms with van der Waals surface area (Å²) in [5, 5.41) is 12.3. The van der Waals surface area contributed by atoms with Crippen LogP contribution < -0.4 is 5.32 Å². The SMILES string of the molecule is CC1CC(C(=O)O)CN(C(=O)NC(C)CC(C)(C)c2ccccc2)C1. The summed E-state index contributed by atoms with van der Waals surface area (Å²) in [7, 11) is 0. The number of carbonyl (C=O) groups is 2. The highest BCUT2D eigenvalue weighted by Crippen LogP contribution is 2.28. The Morgan fingerprint density at radius 2 is 1.92 bits per heavy atom. The van der Waals surface area contributed by atoms with E-state index in [-0.39, 0.29) is 23.4 Å². The van der Waals surface area contributed by atoms with E-state index in [1.807, 2.05) is 32.0 Å². The fourth-order valence-electron chi connectivity index (χ4n) is 3.82. The quantitative estimate of drug-likeness (QED) is 0.857. The van der Waals surface area contributed by atoms with E-state index in [2.05, 4.69) is 31.3 Å². The molecule has 3 unspecified atom stereocenters. The summed E-state index contributed by atoms with van der Waals surface area (Å²) in [6, 6.07) is 10.1. The molecule has 3 atom stereocenters. The van der Waals surface area contributed by atoms with Gasteiger partial charge in [-0.05, 0) is 36.7 Å². The third kappa shape index (κ3) is 5.21. The van der Waals surface area contributed by atoms with E-state index in [4.69, 9.17) is 0 Å². The standard InChI is InChI=1S/C20H30N2O3/c1-14-10-16(18(23)24)13-22(12-14)19(25)21-15(2)11-20(3,4)17-8-6-5-7-9-17/h5-9,14-16H,10-13H2,1-4H3,(H,21,25)(H,23,24). The maximum Gasteiger partial charge on any atom is 0.317 e. The van der Waals surface area contributed by atoms with Crippen LogP contribution in [0.2, 0.25) is 0 Å². The van der Waals surface area contributed by atoms with E-state index in [0.29, 0.717) is 19.5 Å². The zero-order valence-electron chi connectivity index (χ0n) is 15.7. The fourth-order valence-corrected chi connectivity index (χ4v) is 3.82. The Labute approximate surface area is 150 Å². The number of piperidine rings is 1. The van der Waals surface area contributed by atoms with Crippen LogP contribution in [0, 0.1) is 11.8 Å². The molecule has 5 nitrogen and oxygen atoms in total. The lowest BCUT2D eigenvalue weighted by atomic mass is 9.79. The van der Waals surface area contributed by atoms with Crippen LogP contribution in [0.5, 0.6) is 0 Å². The third-order valence-electron chi connectivity index (χ3n) is 5.04. The van der Waals surface area contributed by atoms with Gasteiger partial charge in [-0.3, -0.25) is 4.79 Å². The lowest BCUT2D eigenvalue weighted by Crippen LogP contribution is -2.51. The molecule has 138 valence electrons. The van der Waals surface area contributed by atoms with E-state index in [1.165, 1.54) is 5.56 Å². The second kappa shape index (κ2) is 7.89. The molecule has 0 bridgehead atoms. The van der Waals surface area contributed by atoms with Crippen LogP contribution in [0.4, 0.5) is 4.79 Å². The van der Waals surface area contributed by atoms with Crippen molar-refractivity contribution in [2.45, 2.75) is 52.0 Å². The number of carboxylic acid groups (broad SMARTS) is 1. The topological polar surface area (TPSA) is 69.6 Å². The molecule has 1 saturated heterocycles. The average molecular weight is 346 g/mol. The maximum atomic E-state index is 12.6. The van der Waals surface area contributed by atoms with Crippen molar-refractivity contribution in [3.05, 3.63) is 35.9 Å². The van der Waals surface area contributed by atoms with Crippen molar-refractivity contribution >= 4 is 12.0 Å². The third-order valence-corrected chi connectivity index (χ3v) is 5.04. The van der Waals surface area contributed by atoms with Gasteiger partial charge < -0.3 is 15.3 Å². The fraction of sp³-hybridized carbons (Fsp3) is 0.600. The molecule has 0 aliphatic carbocycles. The molecule has 0 radical (unpaired) electrons. The second-order valence-electron chi connectivity index (χ2n) is 8.09. The monoisotopic (exact) mass is 346 g/mol. The van der Waals surface area contributed by atoms with Crippen molar-refractivity contribution in [2.75, 3.05) is 13.1 Å².